The maximum absolute atomic E-state index is 13.6. The molecule has 1 atom stereocenters. The number of nitrogens with zero attached hydrogens (tertiary/aromatic N) is 2. The maximum Gasteiger partial charge on any atom is 0.253 e. The molecule has 3 aromatic rings. The molecule has 2 aliphatic heterocycles. The fourth-order valence-electron chi connectivity index (χ4n) is 5.22. The van der Waals surface area contributed by atoms with E-state index >= 15 is 0 Å². The second-order valence-corrected chi connectivity index (χ2v) is 9.49. The topological polar surface area (TPSA) is 52.7 Å². The molecule has 0 aliphatic carbocycles. The second kappa shape index (κ2) is 9.43. The van der Waals surface area contributed by atoms with Crippen molar-refractivity contribution < 1.29 is 9.59 Å². The number of carbonyl (C=O) groups is 2. The third kappa shape index (κ3) is 4.48. The number of hydrogen-bond acceptors (Lipinski definition) is 3. The molecule has 2 saturated heterocycles. The highest BCUT2D eigenvalue weighted by molar-refractivity contribution is 5.94. The minimum atomic E-state index is -0.434. The zero-order chi connectivity index (χ0) is 23.5. The Balaban J connectivity index is 1.35. The summed E-state index contributed by atoms with van der Waals surface area (Å²) in [5, 5.41) is 3.72. The third-order valence-electron chi connectivity index (χ3n) is 7.17. The van der Waals surface area contributed by atoms with Gasteiger partial charge in [-0.15, -0.1) is 0 Å². The van der Waals surface area contributed by atoms with Crippen molar-refractivity contribution in [2.24, 2.45) is 0 Å². The smallest absolute Gasteiger partial charge is 0.253 e. The quantitative estimate of drug-likeness (QED) is 0.631. The van der Waals surface area contributed by atoms with Crippen molar-refractivity contribution in [2.45, 2.75) is 44.4 Å². The van der Waals surface area contributed by atoms with E-state index < -0.39 is 5.66 Å². The molecule has 0 saturated carbocycles. The number of hydrogen-bond donors (Lipinski definition) is 1. The van der Waals surface area contributed by atoms with Gasteiger partial charge in [0.25, 0.3) is 5.91 Å². The van der Waals surface area contributed by atoms with Gasteiger partial charge >= 0.3 is 0 Å². The zero-order valence-electron chi connectivity index (χ0n) is 19.6. The predicted octanol–water partition coefficient (Wildman–Crippen LogP) is 4.17. The van der Waals surface area contributed by atoms with Crippen LogP contribution in [0.15, 0.2) is 84.9 Å². The third-order valence-corrected chi connectivity index (χ3v) is 7.17. The standard InChI is InChI=1S/C29H31N3O2/c1-22-12-14-25(15-13-22)27(33)31-18-16-29(17-19-31)30-26(20-23-8-4-2-5-9-23)28(34)32(29)21-24-10-6-3-7-11-24/h2-15,26,30H,16-21H2,1H3/t26-/m0/s1. The van der Waals surface area contributed by atoms with Gasteiger partial charge < -0.3 is 9.80 Å². The van der Waals surface area contributed by atoms with Crippen LogP contribution in [0.4, 0.5) is 0 Å². The van der Waals surface area contributed by atoms with Crippen molar-refractivity contribution in [3.05, 3.63) is 107 Å². The average molecular weight is 454 g/mol. The van der Waals surface area contributed by atoms with E-state index in [1.54, 1.807) is 0 Å². The van der Waals surface area contributed by atoms with Crippen LogP contribution in [0.5, 0.6) is 0 Å². The molecule has 2 fully saturated rings. The van der Waals surface area contributed by atoms with Crippen molar-refractivity contribution in [3.8, 4) is 0 Å². The predicted molar refractivity (Wildman–Crippen MR) is 133 cm³/mol. The van der Waals surface area contributed by atoms with E-state index in [4.69, 9.17) is 0 Å². The van der Waals surface area contributed by atoms with Crippen molar-refractivity contribution in [2.75, 3.05) is 13.1 Å². The summed E-state index contributed by atoms with van der Waals surface area (Å²) >= 11 is 0. The van der Waals surface area contributed by atoms with Crippen molar-refractivity contribution >= 4 is 11.8 Å². The largest absolute Gasteiger partial charge is 0.338 e. The first-order valence-corrected chi connectivity index (χ1v) is 12.1. The molecule has 2 heterocycles. The number of amides is 2. The Morgan fingerprint density at radius 3 is 2.09 bits per heavy atom. The van der Waals surface area contributed by atoms with Gasteiger partial charge in [-0.25, -0.2) is 0 Å². The lowest BCUT2D eigenvalue weighted by atomic mass is 9.94. The highest BCUT2D eigenvalue weighted by Crippen LogP contribution is 2.35. The summed E-state index contributed by atoms with van der Waals surface area (Å²) in [7, 11) is 0. The molecule has 0 bridgehead atoms. The molecule has 5 heteroatoms. The van der Waals surface area contributed by atoms with Gasteiger partial charge in [0.15, 0.2) is 0 Å². The fraction of sp³-hybridized carbons (Fsp3) is 0.310. The van der Waals surface area contributed by atoms with E-state index in [-0.39, 0.29) is 17.9 Å². The summed E-state index contributed by atoms with van der Waals surface area (Å²) in [6.45, 7) is 3.84. The van der Waals surface area contributed by atoms with E-state index in [1.165, 1.54) is 0 Å². The molecule has 1 spiro atoms. The fourth-order valence-corrected chi connectivity index (χ4v) is 5.22. The number of benzene rings is 3. The van der Waals surface area contributed by atoms with Gasteiger partial charge in [-0.3, -0.25) is 14.9 Å². The SMILES string of the molecule is Cc1ccc(C(=O)N2CCC3(CC2)N[C@@H](Cc2ccccc2)C(=O)N3Cc2ccccc2)cc1. The van der Waals surface area contributed by atoms with Gasteiger partial charge in [0.2, 0.25) is 5.91 Å². The van der Waals surface area contributed by atoms with Gasteiger partial charge in [0.05, 0.1) is 11.7 Å². The van der Waals surface area contributed by atoms with Crippen LogP contribution in [0.3, 0.4) is 0 Å². The molecule has 2 amide bonds. The number of aryl methyl sites for hydroxylation is 1. The molecular formula is C29H31N3O2. The monoisotopic (exact) mass is 453 g/mol. The Bertz CT molecular complexity index is 1140. The van der Waals surface area contributed by atoms with Crippen molar-refractivity contribution in [1.29, 1.82) is 0 Å². The Labute approximate surface area is 201 Å². The molecule has 5 rings (SSSR count). The van der Waals surface area contributed by atoms with E-state index in [9.17, 15) is 9.59 Å². The summed E-state index contributed by atoms with van der Waals surface area (Å²) in [6, 6.07) is 27.8. The highest BCUT2D eigenvalue weighted by Gasteiger charge is 2.51. The summed E-state index contributed by atoms with van der Waals surface area (Å²) in [5.41, 5.74) is 3.70. The second-order valence-electron chi connectivity index (χ2n) is 9.49. The zero-order valence-corrected chi connectivity index (χ0v) is 19.6. The van der Waals surface area contributed by atoms with Crippen LogP contribution >= 0.6 is 0 Å². The molecule has 174 valence electrons. The molecule has 1 N–H and O–H groups in total. The molecular weight excluding hydrogens is 422 g/mol. The van der Waals surface area contributed by atoms with Crippen LogP contribution in [0.2, 0.25) is 0 Å². The lowest BCUT2D eigenvalue weighted by Gasteiger charge is -2.44. The van der Waals surface area contributed by atoms with E-state index in [2.05, 4.69) is 29.6 Å². The minimum absolute atomic E-state index is 0.0645. The first-order chi connectivity index (χ1) is 16.5. The number of likely N-dealkylation sites (tertiary alicyclic amines) is 1. The number of piperidine rings is 1. The van der Waals surface area contributed by atoms with Crippen LogP contribution in [0.25, 0.3) is 0 Å². The normalized spacial score (nSPS) is 19.6. The molecule has 0 aromatic heterocycles. The molecule has 2 aliphatic rings. The number of nitrogens with one attached hydrogen (secondary N) is 1. The van der Waals surface area contributed by atoms with Gasteiger partial charge in [0.1, 0.15) is 0 Å². The summed E-state index contributed by atoms with van der Waals surface area (Å²) in [6.07, 6.45) is 2.10. The number of carbonyl (C=O) groups excluding carboxylic acids is 2. The molecule has 0 unspecified atom stereocenters. The van der Waals surface area contributed by atoms with Gasteiger partial charge in [-0.1, -0.05) is 78.4 Å². The van der Waals surface area contributed by atoms with Crippen LogP contribution in [-0.4, -0.2) is 46.4 Å². The molecule has 0 radical (unpaired) electrons. The van der Waals surface area contributed by atoms with Crippen LogP contribution < -0.4 is 5.32 Å². The van der Waals surface area contributed by atoms with E-state index in [0.717, 1.165) is 22.3 Å². The van der Waals surface area contributed by atoms with E-state index in [0.29, 0.717) is 38.9 Å². The first kappa shape index (κ1) is 22.4. The van der Waals surface area contributed by atoms with Crippen LogP contribution in [0.1, 0.15) is 39.9 Å². The van der Waals surface area contributed by atoms with Gasteiger partial charge in [-0.05, 0) is 36.6 Å². The van der Waals surface area contributed by atoms with Crippen molar-refractivity contribution in [3.63, 3.8) is 0 Å². The molecule has 5 nitrogen and oxygen atoms in total. The Morgan fingerprint density at radius 1 is 0.882 bits per heavy atom. The number of rotatable bonds is 5. The lowest BCUT2D eigenvalue weighted by Crippen LogP contribution is -2.59. The maximum atomic E-state index is 13.6. The van der Waals surface area contributed by atoms with Gasteiger partial charge in [0, 0.05) is 38.0 Å². The van der Waals surface area contributed by atoms with Gasteiger partial charge in [-0.2, -0.15) is 0 Å². The lowest BCUT2D eigenvalue weighted by molar-refractivity contribution is -0.134. The summed E-state index contributed by atoms with van der Waals surface area (Å²) < 4.78 is 0. The molecule has 3 aromatic carbocycles. The summed E-state index contributed by atoms with van der Waals surface area (Å²) in [5.74, 6) is 0.209. The average Bonchev–Trinajstić information content (AvgIpc) is 3.11. The Morgan fingerprint density at radius 2 is 1.47 bits per heavy atom. The highest BCUT2D eigenvalue weighted by atomic mass is 16.2. The van der Waals surface area contributed by atoms with Crippen LogP contribution in [-0.2, 0) is 17.8 Å². The summed E-state index contributed by atoms with van der Waals surface area (Å²) in [4.78, 5) is 30.7. The first-order valence-electron chi connectivity index (χ1n) is 12.1. The Kier molecular flexibility index (Phi) is 6.20. The van der Waals surface area contributed by atoms with Crippen molar-refractivity contribution in [1.82, 2.24) is 15.1 Å². The van der Waals surface area contributed by atoms with Crippen LogP contribution in [0, 0.1) is 6.92 Å². The molecule has 34 heavy (non-hydrogen) atoms. The minimum Gasteiger partial charge on any atom is -0.338 e. The Hall–Kier alpha value is -3.44. The van der Waals surface area contributed by atoms with E-state index in [1.807, 2.05) is 77.4 Å².